The first kappa shape index (κ1) is 11.3. The van der Waals surface area contributed by atoms with Gasteiger partial charge in [0.2, 0.25) is 0 Å². The van der Waals surface area contributed by atoms with Gasteiger partial charge in [0, 0.05) is 12.7 Å². The lowest BCUT2D eigenvalue weighted by Gasteiger charge is -2.26. The van der Waals surface area contributed by atoms with Crippen molar-refractivity contribution in [3.8, 4) is 0 Å². The van der Waals surface area contributed by atoms with Crippen LogP contribution in [0.1, 0.15) is 17.7 Å². The van der Waals surface area contributed by atoms with Gasteiger partial charge in [-0.3, -0.25) is 4.79 Å². The summed E-state index contributed by atoms with van der Waals surface area (Å²) in [6.45, 7) is 1.45. The smallest absolute Gasteiger partial charge is 0.303 e. The first-order valence-electron chi connectivity index (χ1n) is 5.28. The Kier molecular flexibility index (Phi) is 3.67. The topological polar surface area (TPSA) is 26.3 Å². The monoisotopic (exact) mass is 234 g/mol. The van der Waals surface area contributed by atoms with E-state index < -0.39 is 0 Å². The van der Waals surface area contributed by atoms with Crippen molar-refractivity contribution >= 4 is 17.7 Å². The van der Waals surface area contributed by atoms with Gasteiger partial charge < -0.3 is 4.74 Å². The van der Waals surface area contributed by atoms with E-state index >= 15 is 0 Å². The Hall–Kier alpha value is -1.22. The number of thioether (sulfide) groups is 1. The summed E-state index contributed by atoms with van der Waals surface area (Å²) in [5.74, 6) is 0.746. The van der Waals surface area contributed by atoms with Crippen molar-refractivity contribution in [3.05, 3.63) is 48.0 Å². The Morgan fingerprint density at radius 1 is 1.38 bits per heavy atom. The summed E-state index contributed by atoms with van der Waals surface area (Å²) in [7, 11) is 0. The first-order chi connectivity index (χ1) is 7.77. The third kappa shape index (κ3) is 2.67. The van der Waals surface area contributed by atoms with Gasteiger partial charge in [-0.1, -0.05) is 36.4 Å². The van der Waals surface area contributed by atoms with E-state index in [-0.39, 0.29) is 17.3 Å². The average Bonchev–Trinajstić information content (AvgIpc) is 2.30. The normalized spacial score (nSPS) is 24.1. The molecule has 1 aromatic carbocycles. The fourth-order valence-corrected chi connectivity index (χ4v) is 2.88. The van der Waals surface area contributed by atoms with E-state index in [9.17, 15) is 4.79 Å². The maximum absolute atomic E-state index is 11.0. The summed E-state index contributed by atoms with van der Waals surface area (Å²) < 4.78 is 5.31. The van der Waals surface area contributed by atoms with E-state index in [0.717, 1.165) is 5.75 Å². The third-order valence-corrected chi connectivity index (χ3v) is 3.71. The molecule has 2 atom stereocenters. The molecule has 0 bridgehead atoms. The number of hydrogen-bond donors (Lipinski definition) is 0. The molecule has 1 aromatic rings. The van der Waals surface area contributed by atoms with E-state index in [1.807, 2.05) is 24.3 Å². The summed E-state index contributed by atoms with van der Waals surface area (Å²) in [5.41, 5.74) is 1.21. The molecule has 0 N–H and O–H groups in total. The SMILES string of the molecule is CC(=O)O[C@@H]1C=CCS[C@@H]1c1ccccc1. The lowest BCUT2D eigenvalue weighted by molar-refractivity contribution is -0.144. The van der Waals surface area contributed by atoms with Crippen molar-refractivity contribution in [1.82, 2.24) is 0 Å². The van der Waals surface area contributed by atoms with Crippen LogP contribution in [-0.2, 0) is 9.53 Å². The molecule has 0 saturated carbocycles. The molecule has 0 fully saturated rings. The van der Waals surface area contributed by atoms with Crippen molar-refractivity contribution in [3.63, 3.8) is 0 Å². The number of carbonyl (C=O) groups is 1. The fraction of sp³-hybridized carbons (Fsp3) is 0.308. The van der Waals surface area contributed by atoms with Gasteiger partial charge in [-0.2, -0.15) is 0 Å². The molecular weight excluding hydrogens is 220 g/mol. The fourth-order valence-electron chi connectivity index (χ4n) is 1.77. The maximum Gasteiger partial charge on any atom is 0.303 e. The van der Waals surface area contributed by atoms with Crippen LogP contribution >= 0.6 is 11.8 Å². The van der Waals surface area contributed by atoms with Crippen LogP contribution in [0.4, 0.5) is 0 Å². The van der Waals surface area contributed by atoms with E-state index in [1.165, 1.54) is 12.5 Å². The predicted molar refractivity (Wildman–Crippen MR) is 66.3 cm³/mol. The highest BCUT2D eigenvalue weighted by atomic mass is 32.2. The minimum Gasteiger partial charge on any atom is -0.457 e. The van der Waals surface area contributed by atoms with E-state index in [0.29, 0.717) is 0 Å². The van der Waals surface area contributed by atoms with Crippen LogP contribution in [0, 0.1) is 0 Å². The van der Waals surface area contributed by atoms with Crippen LogP contribution in [0.25, 0.3) is 0 Å². The highest BCUT2D eigenvalue weighted by molar-refractivity contribution is 7.99. The zero-order chi connectivity index (χ0) is 11.4. The quantitative estimate of drug-likeness (QED) is 0.581. The molecule has 1 aliphatic rings. The largest absolute Gasteiger partial charge is 0.457 e. The number of ether oxygens (including phenoxy) is 1. The molecular formula is C13H14O2S. The molecule has 0 amide bonds. The highest BCUT2D eigenvalue weighted by Gasteiger charge is 2.26. The summed E-state index contributed by atoms with van der Waals surface area (Å²) in [6, 6.07) is 10.2. The molecule has 0 aromatic heterocycles. The second-order valence-electron chi connectivity index (χ2n) is 3.67. The van der Waals surface area contributed by atoms with E-state index in [2.05, 4.69) is 18.2 Å². The van der Waals surface area contributed by atoms with Gasteiger partial charge in [-0.25, -0.2) is 0 Å². The summed E-state index contributed by atoms with van der Waals surface area (Å²) in [6.07, 6.45) is 3.89. The molecule has 0 unspecified atom stereocenters. The average molecular weight is 234 g/mol. The molecule has 2 rings (SSSR count). The van der Waals surface area contributed by atoms with E-state index in [1.54, 1.807) is 11.8 Å². The number of benzene rings is 1. The molecule has 0 spiro atoms. The Bertz CT molecular complexity index is 386. The minimum atomic E-state index is -0.224. The van der Waals surface area contributed by atoms with Gasteiger partial charge in [0.25, 0.3) is 0 Å². The number of carbonyl (C=O) groups excluding carboxylic acids is 1. The summed E-state index contributed by atoms with van der Waals surface area (Å²) in [5, 5.41) is 0.218. The number of hydrogen-bond acceptors (Lipinski definition) is 3. The van der Waals surface area contributed by atoms with Gasteiger partial charge in [-0.05, 0) is 11.6 Å². The maximum atomic E-state index is 11.0. The predicted octanol–water partition coefficient (Wildman–Crippen LogP) is 2.96. The molecule has 0 saturated heterocycles. The van der Waals surface area contributed by atoms with Crippen LogP contribution in [0.15, 0.2) is 42.5 Å². The van der Waals surface area contributed by atoms with Crippen LogP contribution in [0.2, 0.25) is 0 Å². The molecule has 1 aliphatic heterocycles. The third-order valence-electron chi connectivity index (χ3n) is 2.43. The van der Waals surface area contributed by atoms with Gasteiger partial charge in [-0.15, -0.1) is 11.8 Å². The summed E-state index contributed by atoms with van der Waals surface area (Å²) >= 11 is 1.80. The Labute approximate surface area is 99.7 Å². The zero-order valence-electron chi connectivity index (χ0n) is 9.13. The second-order valence-corrected chi connectivity index (χ2v) is 4.84. The zero-order valence-corrected chi connectivity index (χ0v) is 9.94. The highest BCUT2D eigenvalue weighted by Crippen LogP contribution is 2.37. The van der Waals surface area contributed by atoms with Crippen molar-refractivity contribution in [2.75, 3.05) is 5.75 Å². The number of esters is 1. The van der Waals surface area contributed by atoms with Crippen molar-refractivity contribution < 1.29 is 9.53 Å². The van der Waals surface area contributed by atoms with Gasteiger partial charge in [0.15, 0.2) is 0 Å². The molecule has 3 heteroatoms. The molecule has 84 valence electrons. The number of rotatable bonds is 2. The standard InChI is InChI=1S/C13H14O2S/c1-10(14)15-12-8-5-9-16-13(12)11-6-3-2-4-7-11/h2-8,12-13H,9H2,1H3/t12-,13-/m1/s1. The van der Waals surface area contributed by atoms with Gasteiger partial charge in [0.1, 0.15) is 6.10 Å². The summed E-state index contributed by atoms with van der Waals surface area (Å²) in [4.78, 5) is 11.0. The first-order valence-corrected chi connectivity index (χ1v) is 6.32. The van der Waals surface area contributed by atoms with Gasteiger partial charge in [0.05, 0.1) is 5.25 Å². The molecule has 0 aliphatic carbocycles. The molecule has 1 heterocycles. The minimum absolute atomic E-state index is 0.140. The van der Waals surface area contributed by atoms with Crippen LogP contribution in [-0.4, -0.2) is 17.8 Å². The van der Waals surface area contributed by atoms with Gasteiger partial charge >= 0.3 is 5.97 Å². The molecule has 2 nitrogen and oxygen atoms in total. The lowest BCUT2D eigenvalue weighted by Crippen LogP contribution is -2.23. The lowest BCUT2D eigenvalue weighted by atomic mass is 10.1. The molecule has 0 radical (unpaired) electrons. The van der Waals surface area contributed by atoms with Crippen LogP contribution < -0.4 is 0 Å². The van der Waals surface area contributed by atoms with Crippen LogP contribution in [0.5, 0.6) is 0 Å². The Balaban J connectivity index is 2.18. The molecule has 16 heavy (non-hydrogen) atoms. The van der Waals surface area contributed by atoms with Crippen molar-refractivity contribution in [1.29, 1.82) is 0 Å². The van der Waals surface area contributed by atoms with Crippen molar-refractivity contribution in [2.24, 2.45) is 0 Å². The van der Waals surface area contributed by atoms with E-state index in [4.69, 9.17) is 4.74 Å². The Morgan fingerprint density at radius 2 is 2.12 bits per heavy atom. The van der Waals surface area contributed by atoms with Crippen molar-refractivity contribution in [2.45, 2.75) is 18.3 Å². The Morgan fingerprint density at radius 3 is 2.81 bits per heavy atom. The second kappa shape index (κ2) is 5.21. The van der Waals surface area contributed by atoms with Crippen LogP contribution in [0.3, 0.4) is 0 Å².